The Morgan fingerprint density at radius 2 is 1.02 bits per heavy atom. The highest BCUT2D eigenvalue weighted by molar-refractivity contribution is 5.94. The van der Waals surface area contributed by atoms with Crippen molar-refractivity contribution in [2.24, 2.45) is 0 Å². The van der Waals surface area contributed by atoms with Gasteiger partial charge in [0.05, 0.1) is 21.3 Å². The fourth-order valence-corrected chi connectivity index (χ4v) is 3.94. The lowest BCUT2D eigenvalue weighted by molar-refractivity contribution is 0.0947. The summed E-state index contributed by atoms with van der Waals surface area (Å²) in [5, 5.41) is 19.5. The number of benzene rings is 3. The molecule has 0 bridgehead atoms. The van der Waals surface area contributed by atoms with Crippen LogP contribution in [0, 0.1) is 0 Å². The molecule has 10 heteroatoms. The van der Waals surface area contributed by atoms with E-state index in [0.29, 0.717) is 61.9 Å². The summed E-state index contributed by atoms with van der Waals surface area (Å²) in [6.07, 6.45) is -0.836. The zero-order chi connectivity index (χ0) is 28.7. The maximum absolute atomic E-state index is 12.5. The first-order valence-corrected chi connectivity index (χ1v) is 13.1. The normalized spacial score (nSPS) is 11.5. The van der Waals surface area contributed by atoms with Crippen molar-refractivity contribution in [3.63, 3.8) is 0 Å². The maximum atomic E-state index is 12.5. The van der Waals surface area contributed by atoms with Crippen LogP contribution < -0.4 is 30.2 Å². The van der Waals surface area contributed by atoms with Crippen molar-refractivity contribution < 1.29 is 28.9 Å². The number of nitrogens with one attached hydrogen (secondary N) is 3. The molecular weight excluding hydrogens is 512 g/mol. The van der Waals surface area contributed by atoms with E-state index in [2.05, 4.69) is 20.9 Å². The lowest BCUT2D eigenvalue weighted by atomic mass is 10.2. The average molecular weight is 551 g/mol. The molecule has 2 amide bonds. The van der Waals surface area contributed by atoms with Crippen molar-refractivity contribution >= 4 is 11.8 Å². The van der Waals surface area contributed by atoms with Crippen molar-refractivity contribution in [2.45, 2.75) is 6.23 Å². The molecule has 10 nitrogen and oxygen atoms in total. The van der Waals surface area contributed by atoms with E-state index in [9.17, 15) is 14.7 Å². The lowest BCUT2D eigenvalue weighted by Gasteiger charge is -2.24. The maximum Gasteiger partial charge on any atom is 0.251 e. The number of hydrogen-bond donors (Lipinski definition) is 4. The van der Waals surface area contributed by atoms with Crippen LogP contribution in [0.1, 0.15) is 32.5 Å². The molecule has 214 valence electrons. The van der Waals surface area contributed by atoms with Gasteiger partial charge >= 0.3 is 0 Å². The minimum atomic E-state index is -0.836. The lowest BCUT2D eigenvalue weighted by Crippen LogP contribution is -2.42. The van der Waals surface area contributed by atoms with E-state index in [1.165, 1.54) is 0 Å². The van der Waals surface area contributed by atoms with E-state index in [4.69, 9.17) is 14.2 Å². The highest BCUT2D eigenvalue weighted by Crippen LogP contribution is 2.16. The molecule has 0 aromatic heterocycles. The van der Waals surface area contributed by atoms with Crippen LogP contribution >= 0.6 is 0 Å². The van der Waals surface area contributed by atoms with Crippen LogP contribution in [0.5, 0.6) is 17.2 Å². The number of methoxy groups -OCH3 is 3. The molecule has 0 aliphatic carbocycles. The average Bonchev–Trinajstić information content (AvgIpc) is 3.00. The van der Waals surface area contributed by atoms with Crippen LogP contribution in [0.3, 0.4) is 0 Å². The molecule has 0 aliphatic rings. The van der Waals surface area contributed by atoms with Crippen LogP contribution in [-0.2, 0) is 0 Å². The quantitative estimate of drug-likeness (QED) is 0.201. The van der Waals surface area contributed by atoms with Crippen LogP contribution in [0.2, 0.25) is 0 Å². The van der Waals surface area contributed by atoms with E-state index in [-0.39, 0.29) is 11.8 Å². The van der Waals surface area contributed by atoms with Crippen molar-refractivity contribution in [1.29, 1.82) is 0 Å². The minimum absolute atomic E-state index is 0.177. The first kappa shape index (κ1) is 30.4. The molecule has 0 saturated heterocycles. The molecule has 0 saturated carbocycles. The highest BCUT2D eigenvalue weighted by atomic mass is 16.5. The first-order chi connectivity index (χ1) is 19.4. The van der Waals surface area contributed by atoms with Crippen molar-refractivity contribution in [1.82, 2.24) is 20.9 Å². The van der Waals surface area contributed by atoms with Gasteiger partial charge in [0.1, 0.15) is 23.5 Å². The van der Waals surface area contributed by atoms with Gasteiger partial charge in [0.15, 0.2) is 0 Å². The fraction of sp³-hybridized carbons (Fsp3) is 0.333. The zero-order valence-electron chi connectivity index (χ0n) is 23.2. The summed E-state index contributed by atoms with van der Waals surface area (Å²) in [5.74, 6) is 1.73. The third-order valence-electron chi connectivity index (χ3n) is 6.33. The predicted molar refractivity (Wildman–Crippen MR) is 153 cm³/mol. The van der Waals surface area contributed by atoms with Crippen molar-refractivity contribution in [3.8, 4) is 17.2 Å². The Morgan fingerprint density at radius 1 is 0.650 bits per heavy atom. The van der Waals surface area contributed by atoms with Gasteiger partial charge in [-0.2, -0.15) is 0 Å². The molecule has 0 spiro atoms. The van der Waals surface area contributed by atoms with Gasteiger partial charge in [0.25, 0.3) is 11.8 Å². The van der Waals surface area contributed by atoms with Gasteiger partial charge in [0.2, 0.25) is 0 Å². The molecule has 0 radical (unpaired) electrons. The molecule has 1 unspecified atom stereocenters. The Morgan fingerprint density at radius 3 is 1.43 bits per heavy atom. The third-order valence-corrected chi connectivity index (χ3v) is 6.33. The number of nitrogens with zero attached hydrogens (tertiary/aromatic N) is 1. The molecule has 3 aromatic carbocycles. The van der Waals surface area contributed by atoms with E-state index in [0.717, 1.165) is 11.3 Å². The van der Waals surface area contributed by atoms with Gasteiger partial charge in [0, 0.05) is 50.4 Å². The number of carbonyl (C=O) groups is 2. The predicted octanol–water partition coefficient (Wildman–Crippen LogP) is 2.45. The molecule has 0 fully saturated rings. The van der Waals surface area contributed by atoms with Crippen LogP contribution in [-0.4, -0.2) is 82.4 Å². The third kappa shape index (κ3) is 9.57. The zero-order valence-corrected chi connectivity index (χ0v) is 23.2. The summed E-state index contributed by atoms with van der Waals surface area (Å²) >= 11 is 0. The standard InChI is InChI=1S/C30H38N4O6/c1-38-25-10-4-22(5-11-25)28(35)31-16-19-34(20-17-32-29(36)23-6-12-26(39-2)13-7-23)21-18-33-30(37)24-8-14-27(40-3)15-9-24/h4-15,28,31,35H,16-21H2,1-3H3,(H,32,36)(H,33,37). The largest absolute Gasteiger partial charge is 0.497 e. The minimum Gasteiger partial charge on any atom is -0.497 e. The second-order valence-electron chi connectivity index (χ2n) is 8.94. The Kier molecular flexibility index (Phi) is 12.2. The summed E-state index contributed by atoms with van der Waals surface area (Å²) in [6.45, 7) is 3.02. The second-order valence-corrected chi connectivity index (χ2v) is 8.94. The topological polar surface area (TPSA) is 121 Å². The molecule has 3 aromatic rings. The Hall–Kier alpha value is -4.12. The molecule has 40 heavy (non-hydrogen) atoms. The number of ether oxygens (including phenoxy) is 3. The van der Waals surface area contributed by atoms with Gasteiger partial charge in [-0.3, -0.25) is 19.8 Å². The summed E-state index contributed by atoms with van der Waals surface area (Å²) < 4.78 is 15.5. The van der Waals surface area contributed by atoms with Crippen LogP contribution in [0.25, 0.3) is 0 Å². The van der Waals surface area contributed by atoms with Gasteiger partial charge in [-0.05, 0) is 66.2 Å². The molecule has 0 aliphatic heterocycles. The van der Waals surface area contributed by atoms with Gasteiger partial charge in [-0.15, -0.1) is 0 Å². The Balaban J connectivity index is 1.51. The van der Waals surface area contributed by atoms with E-state index in [1.54, 1.807) is 94.1 Å². The van der Waals surface area contributed by atoms with E-state index < -0.39 is 6.23 Å². The number of amides is 2. The van der Waals surface area contributed by atoms with E-state index in [1.807, 2.05) is 0 Å². The summed E-state index contributed by atoms with van der Waals surface area (Å²) in [6, 6.07) is 21.0. The smallest absolute Gasteiger partial charge is 0.251 e. The van der Waals surface area contributed by atoms with Crippen LogP contribution in [0.4, 0.5) is 0 Å². The number of hydrogen-bond acceptors (Lipinski definition) is 8. The molecular formula is C30H38N4O6. The van der Waals surface area contributed by atoms with Crippen LogP contribution in [0.15, 0.2) is 72.8 Å². The van der Waals surface area contributed by atoms with Gasteiger partial charge < -0.3 is 30.0 Å². The number of rotatable bonds is 16. The number of carbonyl (C=O) groups excluding carboxylic acids is 2. The Labute approximate surface area is 235 Å². The molecule has 3 rings (SSSR count). The van der Waals surface area contributed by atoms with Gasteiger partial charge in [-0.25, -0.2) is 0 Å². The summed E-state index contributed by atoms with van der Waals surface area (Å²) in [7, 11) is 4.75. The SMILES string of the molecule is COc1ccc(C(=O)NCCN(CCNC(=O)c2ccc(OC)cc2)CCNC(O)c2ccc(OC)cc2)cc1. The summed E-state index contributed by atoms with van der Waals surface area (Å²) in [5.41, 5.74) is 1.82. The Bertz CT molecular complexity index is 1120. The monoisotopic (exact) mass is 550 g/mol. The van der Waals surface area contributed by atoms with E-state index >= 15 is 0 Å². The summed E-state index contributed by atoms with van der Waals surface area (Å²) in [4.78, 5) is 27.2. The number of aliphatic hydroxyl groups excluding tert-OH is 1. The second kappa shape index (κ2) is 16.1. The first-order valence-electron chi connectivity index (χ1n) is 13.1. The highest BCUT2D eigenvalue weighted by Gasteiger charge is 2.12. The fourth-order valence-electron chi connectivity index (χ4n) is 3.94. The molecule has 4 N–H and O–H groups in total. The van der Waals surface area contributed by atoms with Crippen molar-refractivity contribution in [3.05, 3.63) is 89.5 Å². The molecule has 0 heterocycles. The van der Waals surface area contributed by atoms with Crippen molar-refractivity contribution in [2.75, 3.05) is 60.6 Å². The number of aliphatic hydroxyl groups is 1. The molecule has 1 atom stereocenters. The van der Waals surface area contributed by atoms with Gasteiger partial charge in [-0.1, -0.05) is 12.1 Å².